The van der Waals surface area contributed by atoms with Gasteiger partial charge in [-0.3, -0.25) is 4.79 Å². The molecule has 0 spiro atoms. The van der Waals surface area contributed by atoms with E-state index in [0.29, 0.717) is 16.9 Å². The molecule has 0 aliphatic rings. The Morgan fingerprint density at radius 3 is 2.59 bits per heavy atom. The van der Waals surface area contributed by atoms with Crippen molar-refractivity contribution in [1.82, 2.24) is 9.97 Å². The van der Waals surface area contributed by atoms with Crippen LogP contribution in [0.1, 0.15) is 15.9 Å². The highest BCUT2D eigenvalue weighted by Gasteiger charge is 2.07. The van der Waals surface area contributed by atoms with Crippen molar-refractivity contribution in [3.8, 4) is 0 Å². The number of aryl methyl sites for hydroxylation is 1. The van der Waals surface area contributed by atoms with Gasteiger partial charge in [0.05, 0.1) is 18.1 Å². The molecular weight excluding hydrogens is 216 g/mol. The number of nitrogen functional groups attached to an aromatic ring is 1. The van der Waals surface area contributed by atoms with Crippen molar-refractivity contribution in [3.05, 3.63) is 48.0 Å². The smallest absolute Gasteiger partial charge is 0.255 e. The lowest BCUT2D eigenvalue weighted by molar-refractivity contribution is 0.102. The number of nitrogens with zero attached hydrogens (tertiary/aromatic N) is 2. The summed E-state index contributed by atoms with van der Waals surface area (Å²) in [5.74, 6) is -0.227. The maximum Gasteiger partial charge on any atom is 0.255 e. The van der Waals surface area contributed by atoms with Gasteiger partial charge in [0.25, 0.3) is 5.91 Å². The number of carbonyl (C=O) groups excluding carboxylic acids is 1. The van der Waals surface area contributed by atoms with E-state index in [1.54, 1.807) is 12.1 Å². The number of nitrogens with two attached hydrogens (primary N) is 1. The summed E-state index contributed by atoms with van der Waals surface area (Å²) in [6.45, 7) is 1.89. The molecule has 1 amide bonds. The molecule has 0 fully saturated rings. The van der Waals surface area contributed by atoms with Gasteiger partial charge in [0.1, 0.15) is 6.33 Å². The molecule has 0 unspecified atom stereocenters. The normalized spacial score (nSPS) is 9.94. The molecule has 5 heteroatoms. The van der Waals surface area contributed by atoms with Crippen molar-refractivity contribution in [3.63, 3.8) is 0 Å². The molecule has 0 bridgehead atoms. The number of carbonyl (C=O) groups is 1. The molecule has 0 aliphatic carbocycles. The summed E-state index contributed by atoms with van der Waals surface area (Å²) in [5.41, 5.74) is 8.27. The van der Waals surface area contributed by atoms with Gasteiger partial charge in [0, 0.05) is 11.3 Å². The molecule has 86 valence electrons. The van der Waals surface area contributed by atoms with Crippen molar-refractivity contribution >= 4 is 17.3 Å². The van der Waals surface area contributed by atoms with Crippen molar-refractivity contribution in [2.24, 2.45) is 0 Å². The predicted molar refractivity (Wildman–Crippen MR) is 65.6 cm³/mol. The lowest BCUT2D eigenvalue weighted by atomic mass is 10.1. The third kappa shape index (κ3) is 2.78. The zero-order valence-electron chi connectivity index (χ0n) is 9.34. The summed E-state index contributed by atoms with van der Waals surface area (Å²) in [6.07, 6.45) is 4.47. The zero-order valence-corrected chi connectivity index (χ0v) is 9.34. The summed E-state index contributed by atoms with van der Waals surface area (Å²) >= 11 is 0. The van der Waals surface area contributed by atoms with E-state index in [0.717, 1.165) is 5.56 Å². The molecule has 2 aromatic rings. The van der Waals surface area contributed by atoms with E-state index < -0.39 is 0 Å². The Bertz CT molecular complexity index is 519. The quantitative estimate of drug-likeness (QED) is 0.765. The van der Waals surface area contributed by atoms with Crippen LogP contribution >= 0.6 is 0 Å². The fourth-order valence-electron chi connectivity index (χ4n) is 1.51. The second kappa shape index (κ2) is 4.61. The van der Waals surface area contributed by atoms with Gasteiger partial charge in [-0.1, -0.05) is 0 Å². The fraction of sp³-hybridized carbons (Fsp3) is 0.0833. The molecule has 1 aromatic heterocycles. The summed E-state index contributed by atoms with van der Waals surface area (Å²) in [5, 5.41) is 2.69. The largest absolute Gasteiger partial charge is 0.399 e. The van der Waals surface area contributed by atoms with Crippen LogP contribution in [-0.2, 0) is 0 Å². The molecule has 0 saturated heterocycles. The molecule has 17 heavy (non-hydrogen) atoms. The minimum atomic E-state index is -0.227. The Kier molecular flexibility index (Phi) is 3.00. The SMILES string of the molecule is Cc1cc(N)cc(C(=O)Nc2cncnc2)c1. The van der Waals surface area contributed by atoms with Gasteiger partial charge in [0.15, 0.2) is 0 Å². The van der Waals surface area contributed by atoms with Gasteiger partial charge >= 0.3 is 0 Å². The highest BCUT2D eigenvalue weighted by molar-refractivity contribution is 6.04. The Labute approximate surface area is 98.7 Å². The van der Waals surface area contributed by atoms with Crippen molar-refractivity contribution in [2.45, 2.75) is 6.92 Å². The number of rotatable bonds is 2. The first kappa shape index (κ1) is 11.1. The van der Waals surface area contributed by atoms with Gasteiger partial charge < -0.3 is 11.1 Å². The third-order valence-electron chi connectivity index (χ3n) is 2.18. The summed E-state index contributed by atoms with van der Waals surface area (Å²) in [4.78, 5) is 19.5. The molecule has 0 aliphatic heterocycles. The molecular formula is C12H12N4O. The van der Waals surface area contributed by atoms with E-state index in [-0.39, 0.29) is 5.91 Å². The van der Waals surface area contributed by atoms with Crippen LogP contribution in [0.3, 0.4) is 0 Å². The van der Waals surface area contributed by atoms with Crippen molar-refractivity contribution in [2.75, 3.05) is 11.1 Å². The molecule has 1 aromatic carbocycles. The van der Waals surface area contributed by atoms with Crippen LogP contribution in [0.15, 0.2) is 36.9 Å². The second-order valence-corrected chi connectivity index (χ2v) is 3.71. The molecule has 0 radical (unpaired) electrons. The van der Waals surface area contributed by atoms with E-state index in [1.165, 1.54) is 18.7 Å². The van der Waals surface area contributed by atoms with E-state index in [1.807, 2.05) is 13.0 Å². The zero-order chi connectivity index (χ0) is 12.3. The van der Waals surface area contributed by atoms with Gasteiger partial charge in [-0.15, -0.1) is 0 Å². The van der Waals surface area contributed by atoms with Crippen LogP contribution in [0.2, 0.25) is 0 Å². The molecule has 3 N–H and O–H groups in total. The number of benzene rings is 1. The van der Waals surface area contributed by atoms with Gasteiger partial charge in [-0.05, 0) is 30.7 Å². The Morgan fingerprint density at radius 2 is 1.94 bits per heavy atom. The second-order valence-electron chi connectivity index (χ2n) is 3.71. The summed E-state index contributed by atoms with van der Waals surface area (Å²) < 4.78 is 0. The van der Waals surface area contributed by atoms with Crippen molar-refractivity contribution < 1.29 is 4.79 Å². The Hall–Kier alpha value is -2.43. The summed E-state index contributed by atoms with van der Waals surface area (Å²) in [6, 6.07) is 5.21. The van der Waals surface area contributed by atoms with Crippen LogP contribution in [0, 0.1) is 6.92 Å². The molecule has 5 nitrogen and oxygen atoms in total. The lowest BCUT2D eigenvalue weighted by Crippen LogP contribution is -2.12. The van der Waals surface area contributed by atoms with Gasteiger partial charge in [-0.2, -0.15) is 0 Å². The first-order valence-electron chi connectivity index (χ1n) is 5.08. The van der Waals surface area contributed by atoms with Crippen LogP contribution in [0.4, 0.5) is 11.4 Å². The first-order chi connectivity index (χ1) is 8.15. The van der Waals surface area contributed by atoms with Crippen molar-refractivity contribution in [1.29, 1.82) is 0 Å². The van der Waals surface area contributed by atoms with E-state index in [9.17, 15) is 4.79 Å². The molecule has 1 heterocycles. The molecule has 0 atom stereocenters. The van der Waals surface area contributed by atoms with E-state index in [4.69, 9.17) is 5.73 Å². The van der Waals surface area contributed by atoms with Gasteiger partial charge in [0.2, 0.25) is 0 Å². The summed E-state index contributed by atoms with van der Waals surface area (Å²) in [7, 11) is 0. The Morgan fingerprint density at radius 1 is 1.24 bits per heavy atom. The van der Waals surface area contributed by atoms with Crippen LogP contribution in [0.25, 0.3) is 0 Å². The van der Waals surface area contributed by atoms with Crippen LogP contribution < -0.4 is 11.1 Å². The molecule has 2 rings (SSSR count). The Balaban J connectivity index is 2.20. The first-order valence-corrected chi connectivity index (χ1v) is 5.08. The minimum Gasteiger partial charge on any atom is -0.399 e. The van der Waals surface area contributed by atoms with E-state index in [2.05, 4.69) is 15.3 Å². The number of nitrogens with one attached hydrogen (secondary N) is 1. The predicted octanol–water partition coefficient (Wildman–Crippen LogP) is 1.62. The highest BCUT2D eigenvalue weighted by Crippen LogP contribution is 2.13. The molecule has 0 saturated carbocycles. The van der Waals surface area contributed by atoms with Crippen LogP contribution in [0.5, 0.6) is 0 Å². The third-order valence-corrected chi connectivity index (χ3v) is 2.18. The number of amides is 1. The van der Waals surface area contributed by atoms with E-state index >= 15 is 0 Å². The number of hydrogen-bond acceptors (Lipinski definition) is 4. The fourth-order valence-corrected chi connectivity index (χ4v) is 1.51. The maximum absolute atomic E-state index is 11.9. The number of anilines is 2. The standard InChI is InChI=1S/C12H12N4O/c1-8-2-9(4-10(13)3-8)12(17)16-11-5-14-7-15-6-11/h2-7H,13H2,1H3,(H,16,17). The lowest BCUT2D eigenvalue weighted by Gasteiger charge is -2.06. The topological polar surface area (TPSA) is 80.9 Å². The minimum absolute atomic E-state index is 0.227. The number of aromatic nitrogens is 2. The van der Waals surface area contributed by atoms with Crippen LogP contribution in [-0.4, -0.2) is 15.9 Å². The van der Waals surface area contributed by atoms with Gasteiger partial charge in [-0.25, -0.2) is 9.97 Å². The average Bonchev–Trinajstić information content (AvgIpc) is 2.29. The maximum atomic E-state index is 11.9. The average molecular weight is 228 g/mol. The highest BCUT2D eigenvalue weighted by atomic mass is 16.1. The monoisotopic (exact) mass is 228 g/mol. The number of hydrogen-bond donors (Lipinski definition) is 2.